The van der Waals surface area contributed by atoms with Crippen molar-refractivity contribution in [3.63, 3.8) is 0 Å². The fraction of sp³-hybridized carbons (Fsp3) is 0.257. The molecule has 0 aliphatic rings. The van der Waals surface area contributed by atoms with Crippen molar-refractivity contribution in [2.24, 2.45) is 0 Å². The molecule has 10 heteroatoms. The molecule has 0 heterocycles. The number of carbonyl (C=O) groups excluding carboxylic acids is 2. The van der Waals surface area contributed by atoms with Gasteiger partial charge in [0.2, 0.25) is 11.8 Å². The lowest BCUT2D eigenvalue weighted by Crippen LogP contribution is -2.56. The van der Waals surface area contributed by atoms with Crippen molar-refractivity contribution in [3.8, 4) is 0 Å². The maximum absolute atomic E-state index is 14.5. The molecule has 0 saturated heterocycles. The molecule has 1 atom stereocenters. The summed E-state index contributed by atoms with van der Waals surface area (Å²) in [5.74, 6) is -1.52. The maximum atomic E-state index is 14.5. The molecule has 0 radical (unpaired) electrons. The predicted molar refractivity (Wildman–Crippen MR) is 179 cm³/mol. The molecule has 0 unspecified atom stereocenters. The van der Waals surface area contributed by atoms with Crippen LogP contribution >= 0.6 is 15.9 Å². The summed E-state index contributed by atoms with van der Waals surface area (Å²) in [6.07, 6.45) is 0.209. The Morgan fingerprint density at radius 3 is 2.02 bits per heavy atom. The fourth-order valence-electron chi connectivity index (χ4n) is 4.77. The molecule has 236 valence electrons. The van der Waals surface area contributed by atoms with E-state index in [1.54, 1.807) is 24.3 Å². The highest BCUT2D eigenvalue weighted by molar-refractivity contribution is 9.10. The molecule has 4 aromatic carbocycles. The number of aryl methyl sites for hydroxylation is 1. The number of rotatable bonds is 11. The van der Waals surface area contributed by atoms with E-state index in [2.05, 4.69) is 21.2 Å². The zero-order chi connectivity index (χ0) is 32.8. The average Bonchev–Trinajstić information content (AvgIpc) is 2.99. The highest BCUT2D eigenvalue weighted by Gasteiger charge is 2.35. The van der Waals surface area contributed by atoms with Gasteiger partial charge < -0.3 is 10.2 Å². The molecule has 4 aromatic rings. The van der Waals surface area contributed by atoms with Crippen LogP contribution in [0.15, 0.2) is 112 Å². The number of carbonyl (C=O) groups is 2. The van der Waals surface area contributed by atoms with Gasteiger partial charge in [-0.1, -0.05) is 76.1 Å². The second kappa shape index (κ2) is 14.4. The van der Waals surface area contributed by atoms with E-state index in [-0.39, 0.29) is 29.5 Å². The molecule has 0 spiro atoms. The molecule has 2 amide bonds. The highest BCUT2D eigenvalue weighted by Crippen LogP contribution is 2.26. The van der Waals surface area contributed by atoms with Crippen LogP contribution in [0.1, 0.15) is 37.5 Å². The number of anilines is 1. The second-order valence-corrected chi connectivity index (χ2v) is 14.7. The van der Waals surface area contributed by atoms with Crippen molar-refractivity contribution in [2.75, 3.05) is 10.8 Å². The zero-order valence-corrected chi connectivity index (χ0v) is 28.1. The standard InChI is InChI=1S/C35H37BrFN3O4S/c1-25-10-18-30(19-11-25)40(45(43,44)31-20-16-29(37)17-21-31)24-33(41)39(23-27-12-14-28(36)15-13-27)32(34(42)38-35(2,3)4)22-26-8-6-5-7-9-26/h5-21,32H,22-24H2,1-4H3,(H,38,42)/t32-/m1/s1. The molecule has 45 heavy (non-hydrogen) atoms. The molecule has 4 rings (SSSR count). The first-order valence-electron chi connectivity index (χ1n) is 14.5. The second-order valence-electron chi connectivity index (χ2n) is 11.9. The predicted octanol–water partition coefficient (Wildman–Crippen LogP) is 6.65. The lowest BCUT2D eigenvalue weighted by Gasteiger charge is -2.35. The lowest BCUT2D eigenvalue weighted by atomic mass is 10.0. The molecule has 0 saturated carbocycles. The number of hydrogen-bond donors (Lipinski definition) is 1. The van der Waals surface area contributed by atoms with E-state index in [1.165, 1.54) is 17.0 Å². The van der Waals surface area contributed by atoms with Gasteiger partial charge in [0, 0.05) is 23.0 Å². The van der Waals surface area contributed by atoms with Gasteiger partial charge in [0.1, 0.15) is 18.4 Å². The Hall–Kier alpha value is -4.02. The van der Waals surface area contributed by atoms with Crippen LogP contribution in [0.5, 0.6) is 0 Å². The van der Waals surface area contributed by atoms with Gasteiger partial charge in [-0.05, 0) is 87.4 Å². The van der Waals surface area contributed by atoms with Crippen LogP contribution in [0.25, 0.3) is 0 Å². The fourth-order valence-corrected chi connectivity index (χ4v) is 6.45. The van der Waals surface area contributed by atoms with Gasteiger partial charge in [0.15, 0.2) is 0 Å². The van der Waals surface area contributed by atoms with Gasteiger partial charge in [0.05, 0.1) is 10.6 Å². The Bertz CT molecular complexity index is 1710. The minimum Gasteiger partial charge on any atom is -0.350 e. The largest absolute Gasteiger partial charge is 0.350 e. The third-order valence-corrected chi connectivity index (χ3v) is 9.35. The molecule has 0 bridgehead atoms. The monoisotopic (exact) mass is 693 g/mol. The summed E-state index contributed by atoms with van der Waals surface area (Å²) in [5, 5.41) is 3.01. The van der Waals surface area contributed by atoms with Crippen LogP contribution in [0.2, 0.25) is 0 Å². The normalized spacial score (nSPS) is 12.3. The SMILES string of the molecule is Cc1ccc(N(CC(=O)N(Cc2ccc(Br)cc2)[C@H](Cc2ccccc2)C(=O)NC(C)(C)C)S(=O)(=O)c2ccc(F)cc2)cc1. The summed E-state index contributed by atoms with van der Waals surface area (Å²) in [5.41, 5.74) is 2.19. The minimum atomic E-state index is -4.31. The molecule has 1 N–H and O–H groups in total. The van der Waals surface area contributed by atoms with Crippen LogP contribution in [0, 0.1) is 12.7 Å². The van der Waals surface area contributed by atoms with Gasteiger partial charge in [-0.2, -0.15) is 0 Å². The first-order chi connectivity index (χ1) is 21.2. The van der Waals surface area contributed by atoms with Crippen molar-refractivity contribution in [1.82, 2.24) is 10.2 Å². The average molecular weight is 695 g/mol. The third-order valence-electron chi connectivity index (χ3n) is 7.04. The van der Waals surface area contributed by atoms with Crippen molar-refractivity contribution in [2.45, 2.75) is 57.1 Å². The molecule has 7 nitrogen and oxygen atoms in total. The third kappa shape index (κ3) is 9.25. The van der Waals surface area contributed by atoms with E-state index in [4.69, 9.17) is 0 Å². The van der Waals surface area contributed by atoms with Gasteiger partial charge in [-0.3, -0.25) is 13.9 Å². The smallest absolute Gasteiger partial charge is 0.264 e. The van der Waals surface area contributed by atoms with Crippen LogP contribution in [0.4, 0.5) is 10.1 Å². The van der Waals surface area contributed by atoms with Gasteiger partial charge in [-0.25, -0.2) is 12.8 Å². The topological polar surface area (TPSA) is 86.8 Å². The van der Waals surface area contributed by atoms with Crippen LogP contribution in [0.3, 0.4) is 0 Å². The Morgan fingerprint density at radius 1 is 0.844 bits per heavy atom. The molecular weight excluding hydrogens is 657 g/mol. The van der Waals surface area contributed by atoms with Crippen molar-refractivity contribution >= 4 is 43.5 Å². The van der Waals surface area contributed by atoms with E-state index < -0.39 is 39.9 Å². The number of amides is 2. The Kier molecular flexibility index (Phi) is 10.8. The van der Waals surface area contributed by atoms with Crippen LogP contribution in [-0.2, 0) is 32.6 Å². The Morgan fingerprint density at radius 2 is 1.44 bits per heavy atom. The van der Waals surface area contributed by atoms with E-state index in [1.807, 2.05) is 82.3 Å². The zero-order valence-electron chi connectivity index (χ0n) is 25.7. The van der Waals surface area contributed by atoms with Crippen molar-refractivity contribution in [3.05, 3.63) is 130 Å². The van der Waals surface area contributed by atoms with Gasteiger partial charge in [0.25, 0.3) is 10.0 Å². The van der Waals surface area contributed by atoms with E-state index >= 15 is 0 Å². The summed E-state index contributed by atoms with van der Waals surface area (Å²) in [7, 11) is -4.31. The summed E-state index contributed by atoms with van der Waals surface area (Å²) in [6, 6.07) is 27.0. The molecular formula is C35H37BrFN3O4S. The number of nitrogens with one attached hydrogen (secondary N) is 1. The number of benzene rings is 4. The summed E-state index contributed by atoms with van der Waals surface area (Å²) >= 11 is 3.44. The van der Waals surface area contributed by atoms with Gasteiger partial charge >= 0.3 is 0 Å². The molecule has 0 aromatic heterocycles. The molecule has 0 aliphatic heterocycles. The molecule has 0 fully saturated rings. The maximum Gasteiger partial charge on any atom is 0.264 e. The first kappa shape index (κ1) is 33.9. The summed E-state index contributed by atoms with van der Waals surface area (Å²) in [4.78, 5) is 29.7. The van der Waals surface area contributed by atoms with E-state index in [9.17, 15) is 22.4 Å². The molecule has 0 aliphatic carbocycles. The van der Waals surface area contributed by atoms with Gasteiger partial charge in [-0.15, -0.1) is 0 Å². The van der Waals surface area contributed by atoms with E-state index in [0.717, 1.165) is 37.6 Å². The quantitative estimate of drug-likeness (QED) is 0.191. The highest BCUT2D eigenvalue weighted by atomic mass is 79.9. The first-order valence-corrected chi connectivity index (χ1v) is 16.7. The van der Waals surface area contributed by atoms with Crippen molar-refractivity contribution < 1.29 is 22.4 Å². The Labute approximate surface area is 273 Å². The lowest BCUT2D eigenvalue weighted by molar-refractivity contribution is -0.140. The minimum absolute atomic E-state index is 0.0551. The van der Waals surface area contributed by atoms with Crippen LogP contribution < -0.4 is 9.62 Å². The van der Waals surface area contributed by atoms with Crippen molar-refractivity contribution in [1.29, 1.82) is 0 Å². The van der Waals surface area contributed by atoms with E-state index in [0.29, 0.717) is 0 Å². The number of sulfonamides is 1. The van der Waals surface area contributed by atoms with Crippen LogP contribution in [-0.4, -0.2) is 43.3 Å². The summed E-state index contributed by atoms with van der Waals surface area (Å²) in [6.45, 7) is 6.92. The number of halogens is 2. The summed E-state index contributed by atoms with van der Waals surface area (Å²) < 4.78 is 43.6. The Balaban J connectivity index is 1.81. The number of nitrogens with zero attached hydrogens (tertiary/aromatic N) is 2. The number of hydrogen-bond acceptors (Lipinski definition) is 4.